The number of aromatic amines is 1. The first-order valence-electron chi connectivity index (χ1n) is 26.3. The fourth-order valence-electron chi connectivity index (χ4n) is 13.9. The summed E-state index contributed by atoms with van der Waals surface area (Å²) in [7, 11) is -4.76. The number of piperidine rings is 1. The lowest BCUT2D eigenvalue weighted by molar-refractivity contribution is -0.384. The van der Waals surface area contributed by atoms with Crippen LogP contribution in [0.15, 0.2) is 76.7 Å². The number of benzene rings is 3. The lowest BCUT2D eigenvalue weighted by Crippen LogP contribution is -2.55. The largest absolute Gasteiger partial charge is 0.489 e. The number of sulfone groups is 1. The molecule has 1 aliphatic carbocycles. The summed E-state index contributed by atoms with van der Waals surface area (Å²) in [5.41, 5.74) is 10.5. The molecular weight excluding hydrogens is 951 g/mol. The van der Waals surface area contributed by atoms with Crippen LogP contribution in [0.5, 0.6) is 11.6 Å². The van der Waals surface area contributed by atoms with Gasteiger partial charge in [-0.25, -0.2) is 8.42 Å². The fourth-order valence-corrected chi connectivity index (χ4v) is 15.6. The smallest absolute Gasteiger partial charge is 0.297 e. The highest BCUT2D eigenvalue weighted by Gasteiger charge is 2.51. The van der Waals surface area contributed by atoms with E-state index < -0.39 is 32.5 Å². The molecular formula is C54H63N9O9S. The maximum atomic E-state index is 16.2. The fraction of sp³-hybridized carbons (Fsp3) is 0.519. The molecule has 2 aromatic heterocycles. The van der Waals surface area contributed by atoms with Gasteiger partial charge in [-0.05, 0) is 105 Å². The minimum atomic E-state index is -4.76. The van der Waals surface area contributed by atoms with Gasteiger partial charge < -0.3 is 44.8 Å². The van der Waals surface area contributed by atoms with Crippen LogP contribution in [0, 0.1) is 21.4 Å². The Labute approximate surface area is 424 Å². The van der Waals surface area contributed by atoms with Crippen LogP contribution in [0.3, 0.4) is 0 Å². The van der Waals surface area contributed by atoms with Crippen LogP contribution in [-0.2, 0) is 25.7 Å². The Morgan fingerprint density at radius 1 is 0.986 bits per heavy atom. The van der Waals surface area contributed by atoms with Crippen LogP contribution < -0.4 is 30.3 Å². The molecule has 0 unspecified atom stereocenters. The van der Waals surface area contributed by atoms with Crippen molar-refractivity contribution in [3.63, 3.8) is 0 Å². The molecule has 9 heterocycles. The summed E-state index contributed by atoms with van der Waals surface area (Å²) >= 11 is 0. The lowest BCUT2D eigenvalue weighted by atomic mass is 9.59. The van der Waals surface area contributed by atoms with Gasteiger partial charge in [-0.15, -0.1) is 0 Å². The molecule has 4 N–H and O–H groups in total. The number of primary amides is 1. The maximum Gasteiger partial charge on any atom is 0.297 e. The van der Waals surface area contributed by atoms with Gasteiger partial charge in [0.1, 0.15) is 28.9 Å². The van der Waals surface area contributed by atoms with Crippen LogP contribution in [0.25, 0.3) is 11.0 Å². The van der Waals surface area contributed by atoms with Crippen molar-refractivity contribution in [2.45, 2.75) is 111 Å². The summed E-state index contributed by atoms with van der Waals surface area (Å²) in [5.74, 6) is -0.659. The standard InChI is InChI=1S/C54H63N9O9S/c1-2-32-6-3-4-7-40(32)42-8-5-16-61(42)37-24-54(25-37)13-17-59(18-14-54)43-10-9-41(51(55)64)49(62-26-34-12-19-69-31-47(34)72-53-45(62)20-33-11-15-56-52(33)58-53)50(43)73(67,68)39-22-44(63(65)66)48-46(23-39)71-29-35(57-48)27-60-28-38-21-36(60)30-70-38/h3-4,6-7,9-11,15,20,22-23,34-38,42,47,57H,2,5,8,12-14,16-19,21,24-31H2,1H3,(H2,55,64)(H,56,58)/t34-,35+,36-,38-,42-,47-/m0/s1. The van der Waals surface area contributed by atoms with Crippen molar-refractivity contribution in [2.75, 3.05) is 80.8 Å². The highest BCUT2D eigenvalue weighted by Crippen LogP contribution is 2.56. The summed E-state index contributed by atoms with van der Waals surface area (Å²) in [5, 5.41) is 17.2. The zero-order chi connectivity index (χ0) is 49.8. The zero-order valence-electron chi connectivity index (χ0n) is 41.2. The molecule has 5 saturated heterocycles. The van der Waals surface area contributed by atoms with Crippen molar-refractivity contribution in [3.05, 3.63) is 93.7 Å². The monoisotopic (exact) mass is 1010 g/mol. The van der Waals surface area contributed by atoms with Gasteiger partial charge in [-0.2, -0.15) is 4.98 Å². The average molecular weight is 1010 g/mol. The van der Waals surface area contributed by atoms with Gasteiger partial charge in [0, 0.05) is 87.1 Å². The number of fused-ring (bicyclic) bond motifs is 6. The molecule has 73 heavy (non-hydrogen) atoms. The first-order valence-corrected chi connectivity index (χ1v) is 27.8. The Balaban J connectivity index is 0.891. The number of H-pyrrole nitrogens is 1. The van der Waals surface area contributed by atoms with Crippen molar-refractivity contribution >= 4 is 55.2 Å². The number of pyridine rings is 1. The van der Waals surface area contributed by atoms with Crippen LogP contribution in [0.4, 0.5) is 28.4 Å². The Kier molecular flexibility index (Phi) is 11.6. The molecule has 1 saturated carbocycles. The number of likely N-dealkylation sites (tertiary alicyclic amines) is 2. The second-order valence-corrected chi connectivity index (χ2v) is 23.7. The van der Waals surface area contributed by atoms with E-state index in [2.05, 4.69) is 56.2 Å². The number of nitrogens with one attached hydrogen (secondary N) is 2. The highest BCUT2D eigenvalue weighted by molar-refractivity contribution is 7.91. The maximum absolute atomic E-state index is 16.2. The van der Waals surface area contributed by atoms with Crippen molar-refractivity contribution in [1.29, 1.82) is 0 Å². The number of anilines is 4. The first-order chi connectivity index (χ1) is 35.4. The summed E-state index contributed by atoms with van der Waals surface area (Å²) in [6, 6.07) is 19.4. The predicted octanol–water partition coefficient (Wildman–Crippen LogP) is 7.13. The number of nitrogens with two attached hydrogens (primary N) is 1. The number of morpholine rings is 1. The topological polar surface area (TPSA) is 211 Å². The van der Waals surface area contributed by atoms with E-state index >= 15 is 8.42 Å². The SMILES string of the molecule is CCc1ccccc1[C@@H]1CCCN1C1CC2(CCN(c3ccc(C(N)=O)c(N4C[C@@H]5CCOC[C@@H]5Oc5nc6[nH]ccc6cc54)c3S(=O)(=O)c3cc4c(c([N+](=O)[O-])c3)N[C@H](CN3C[C@@H]5C[C@H]3CO5)CO4)CC2)C1. The minimum absolute atomic E-state index is 0.0117. The predicted molar refractivity (Wildman–Crippen MR) is 274 cm³/mol. The zero-order valence-corrected chi connectivity index (χ0v) is 42.0. The molecule has 19 heteroatoms. The number of carbonyl (C=O) groups excluding carboxylic acids is 1. The van der Waals surface area contributed by atoms with E-state index in [9.17, 15) is 14.9 Å². The number of nitro groups is 1. The number of rotatable bonds is 11. The quantitative estimate of drug-likeness (QED) is 0.0888. The molecule has 5 aromatic rings. The molecule has 6 atom stereocenters. The molecule has 1 spiro atoms. The third-order valence-electron chi connectivity index (χ3n) is 17.7. The number of carbonyl (C=O) groups is 1. The molecule has 3 aromatic carbocycles. The molecule has 6 fully saturated rings. The highest BCUT2D eigenvalue weighted by atomic mass is 32.2. The van der Waals surface area contributed by atoms with Crippen molar-refractivity contribution < 1.29 is 37.1 Å². The molecule has 2 bridgehead atoms. The molecule has 8 aliphatic rings. The number of aromatic nitrogens is 2. The van der Waals surface area contributed by atoms with E-state index in [4.69, 9.17) is 29.7 Å². The normalized spacial score (nSPS) is 26.9. The Morgan fingerprint density at radius 2 is 1.84 bits per heavy atom. The van der Waals surface area contributed by atoms with E-state index in [1.807, 2.05) is 17.0 Å². The van der Waals surface area contributed by atoms with Gasteiger partial charge in [0.15, 0.2) is 11.4 Å². The molecule has 0 radical (unpaired) electrons. The number of hydrogen-bond donors (Lipinski definition) is 3. The van der Waals surface area contributed by atoms with E-state index in [-0.39, 0.29) is 81.0 Å². The Bertz CT molecular complexity index is 3120. The van der Waals surface area contributed by atoms with Crippen LogP contribution in [0.1, 0.15) is 85.8 Å². The number of hydrogen-bond acceptors (Lipinski definition) is 15. The second-order valence-electron chi connectivity index (χ2n) is 21.8. The van der Waals surface area contributed by atoms with E-state index in [0.29, 0.717) is 75.0 Å². The number of amides is 1. The Morgan fingerprint density at radius 3 is 2.62 bits per heavy atom. The van der Waals surface area contributed by atoms with Gasteiger partial charge >= 0.3 is 0 Å². The van der Waals surface area contributed by atoms with E-state index in [0.717, 1.165) is 69.5 Å². The van der Waals surface area contributed by atoms with Crippen molar-refractivity contribution in [1.82, 2.24) is 19.8 Å². The average Bonchev–Trinajstić information content (AvgIpc) is 4.22. The first kappa shape index (κ1) is 46.8. The van der Waals surface area contributed by atoms with Crippen molar-refractivity contribution in [2.24, 2.45) is 17.1 Å². The summed E-state index contributed by atoms with van der Waals surface area (Å²) in [6.07, 6.45) is 10.3. The molecule has 13 rings (SSSR count). The summed E-state index contributed by atoms with van der Waals surface area (Å²) < 4.78 is 57.1. The molecule has 384 valence electrons. The van der Waals surface area contributed by atoms with Crippen LogP contribution in [-0.4, -0.2) is 135 Å². The third kappa shape index (κ3) is 8.08. The van der Waals surface area contributed by atoms with Crippen LogP contribution in [0.2, 0.25) is 0 Å². The number of aryl methyl sites for hydroxylation is 1. The summed E-state index contributed by atoms with van der Waals surface area (Å²) in [4.78, 5) is 43.1. The van der Waals surface area contributed by atoms with Gasteiger partial charge in [0.2, 0.25) is 15.7 Å². The van der Waals surface area contributed by atoms with E-state index in [1.165, 1.54) is 23.6 Å². The molecule has 1 amide bonds. The van der Waals surface area contributed by atoms with Gasteiger partial charge in [0.05, 0.1) is 52.1 Å². The number of nitro benzene ring substituents is 1. The van der Waals surface area contributed by atoms with Gasteiger partial charge in [-0.1, -0.05) is 31.2 Å². The Hall–Kier alpha value is -5.99. The molecule has 7 aliphatic heterocycles. The lowest BCUT2D eigenvalue weighted by Gasteiger charge is -2.56. The molecule has 18 nitrogen and oxygen atoms in total. The van der Waals surface area contributed by atoms with Crippen molar-refractivity contribution in [3.8, 4) is 11.6 Å². The number of ether oxygens (including phenoxy) is 4. The second kappa shape index (κ2) is 18.1. The number of nitrogens with zero attached hydrogens (tertiary/aromatic N) is 6. The summed E-state index contributed by atoms with van der Waals surface area (Å²) in [6.45, 7) is 7.70. The minimum Gasteiger partial charge on any atom is -0.489 e. The van der Waals surface area contributed by atoms with Gasteiger partial charge in [-0.3, -0.25) is 24.7 Å². The van der Waals surface area contributed by atoms with Gasteiger partial charge in [0.25, 0.3) is 11.6 Å². The van der Waals surface area contributed by atoms with Crippen LogP contribution >= 0.6 is 0 Å². The third-order valence-corrected chi connectivity index (χ3v) is 19.5. The van der Waals surface area contributed by atoms with E-state index in [1.54, 1.807) is 18.3 Å².